The molecule has 0 N–H and O–H groups in total. The van der Waals surface area contributed by atoms with Crippen LogP contribution in [0.3, 0.4) is 0 Å². The molecule has 0 atom stereocenters. The van der Waals surface area contributed by atoms with Crippen molar-refractivity contribution in [2.45, 2.75) is 20.3 Å². The molecule has 0 aliphatic carbocycles. The van der Waals surface area contributed by atoms with Crippen molar-refractivity contribution in [1.82, 2.24) is 0 Å². The van der Waals surface area contributed by atoms with Gasteiger partial charge in [0.1, 0.15) is 11.5 Å². The highest BCUT2D eigenvalue weighted by molar-refractivity contribution is 9.09. The number of hydrogen-bond acceptors (Lipinski definition) is 5. The van der Waals surface area contributed by atoms with Crippen molar-refractivity contribution in [2.24, 2.45) is 0 Å². The van der Waals surface area contributed by atoms with E-state index in [1.54, 1.807) is 25.1 Å². The van der Waals surface area contributed by atoms with Gasteiger partial charge in [0.05, 0.1) is 18.8 Å². The van der Waals surface area contributed by atoms with Crippen LogP contribution in [0.1, 0.15) is 30.6 Å². The number of carbonyl (C=O) groups is 2. The van der Waals surface area contributed by atoms with Crippen LogP contribution >= 0.6 is 15.9 Å². The smallest absolute Gasteiger partial charge is 0.344 e. The van der Waals surface area contributed by atoms with Gasteiger partial charge in [0.25, 0.3) is 0 Å². The minimum absolute atomic E-state index is 0.0826. The Morgan fingerprint density at radius 2 is 2.00 bits per heavy atom. The van der Waals surface area contributed by atoms with Gasteiger partial charge in [-0.25, -0.2) is 4.79 Å². The molecule has 0 aliphatic heterocycles. The molecule has 0 spiro atoms. The highest BCUT2D eigenvalue weighted by atomic mass is 79.9. The summed E-state index contributed by atoms with van der Waals surface area (Å²) in [4.78, 5) is 22.8. The van der Waals surface area contributed by atoms with E-state index < -0.39 is 5.97 Å². The van der Waals surface area contributed by atoms with Crippen LogP contribution in [0.5, 0.6) is 11.5 Å². The van der Waals surface area contributed by atoms with E-state index in [2.05, 4.69) is 15.9 Å². The lowest BCUT2D eigenvalue weighted by atomic mass is 10.1. The molecule has 0 saturated heterocycles. The van der Waals surface area contributed by atoms with E-state index in [0.717, 1.165) is 11.8 Å². The summed E-state index contributed by atoms with van der Waals surface area (Å²) >= 11 is 3.32. The average molecular weight is 359 g/mol. The number of esters is 1. The molecule has 21 heavy (non-hydrogen) atoms. The van der Waals surface area contributed by atoms with Gasteiger partial charge < -0.3 is 14.2 Å². The average Bonchev–Trinajstić information content (AvgIpc) is 2.45. The molecule has 1 rings (SSSR count). The van der Waals surface area contributed by atoms with Gasteiger partial charge in [-0.2, -0.15) is 0 Å². The first-order valence-electron chi connectivity index (χ1n) is 6.70. The summed E-state index contributed by atoms with van der Waals surface area (Å²) in [5.41, 5.74) is 0.494. The Bertz CT molecular complexity index is 487. The lowest BCUT2D eigenvalue weighted by molar-refractivity contribution is -0.145. The first kappa shape index (κ1) is 17.5. The summed E-state index contributed by atoms with van der Waals surface area (Å²) in [5.74, 6) is 0.405. The van der Waals surface area contributed by atoms with Crippen molar-refractivity contribution in [3.8, 4) is 11.5 Å². The minimum atomic E-state index is -0.435. The fraction of sp³-hybridized carbons (Fsp3) is 0.467. The second-order valence-corrected chi connectivity index (χ2v) is 4.99. The topological polar surface area (TPSA) is 61.8 Å². The van der Waals surface area contributed by atoms with E-state index in [1.807, 2.05) is 0 Å². The van der Waals surface area contributed by atoms with E-state index in [1.165, 1.54) is 6.92 Å². The van der Waals surface area contributed by atoms with Gasteiger partial charge in [0.2, 0.25) is 0 Å². The van der Waals surface area contributed by atoms with Crippen molar-refractivity contribution in [3.05, 3.63) is 23.8 Å². The zero-order chi connectivity index (χ0) is 15.7. The van der Waals surface area contributed by atoms with Crippen LogP contribution < -0.4 is 9.47 Å². The summed E-state index contributed by atoms with van der Waals surface area (Å²) < 4.78 is 15.7. The van der Waals surface area contributed by atoms with Gasteiger partial charge in [-0.1, -0.05) is 15.9 Å². The summed E-state index contributed by atoms with van der Waals surface area (Å²) in [6, 6.07) is 4.88. The molecule has 0 amide bonds. The monoisotopic (exact) mass is 358 g/mol. The van der Waals surface area contributed by atoms with Gasteiger partial charge in [-0.05, 0) is 32.4 Å². The number of hydrogen-bond donors (Lipinski definition) is 0. The Morgan fingerprint density at radius 3 is 2.62 bits per heavy atom. The van der Waals surface area contributed by atoms with Crippen LogP contribution in [0.15, 0.2) is 18.2 Å². The molecule has 116 valence electrons. The van der Waals surface area contributed by atoms with Crippen LogP contribution in [-0.4, -0.2) is 36.9 Å². The van der Waals surface area contributed by atoms with E-state index >= 15 is 0 Å². The van der Waals surface area contributed by atoms with Gasteiger partial charge in [0, 0.05) is 11.4 Å². The maximum Gasteiger partial charge on any atom is 0.344 e. The third kappa shape index (κ3) is 6.16. The van der Waals surface area contributed by atoms with E-state index in [4.69, 9.17) is 14.2 Å². The van der Waals surface area contributed by atoms with Crippen molar-refractivity contribution >= 4 is 27.7 Å². The summed E-state index contributed by atoms with van der Waals surface area (Å²) in [6.07, 6.45) is 0.825. The summed E-state index contributed by atoms with van der Waals surface area (Å²) in [6.45, 7) is 3.84. The van der Waals surface area contributed by atoms with Crippen molar-refractivity contribution in [3.63, 3.8) is 0 Å². The molecule has 0 bridgehead atoms. The first-order chi connectivity index (χ1) is 10.1. The maximum atomic E-state index is 11.6. The molecule has 0 aliphatic rings. The van der Waals surface area contributed by atoms with Crippen LogP contribution in [0.25, 0.3) is 0 Å². The number of rotatable bonds is 9. The zero-order valence-corrected chi connectivity index (χ0v) is 13.8. The molecule has 0 heterocycles. The molecule has 0 saturated carbocycles. The lowest BCUT2D eigenvalue weighted by Gasteiger charge is -2.12. The molecule has 1 aromatic rings. The van der Waals surface area contributed by atoms with Gasteiger partial charge in [-0.3, -0.25) is 4.79 Å². The van der Waals surface area contributed by atoms with Gasteiger partial charge in [-0.15, -0.1) is 0 Å². The molecular weight excluding hydrogens is 340 g/mol. The third-order valence-electron chi connectivity index (χ3n) is 2.53. The Kier molecular flexibility index (Phi) is 7.82. The number of alkyl halides is 1. The van der Waals surface area contributed by atoms with Crippen molar-refractivity contribution in [1.29, 1.82) is 0 Å². The third-order valence-corrected chi connectivity index (χ3v) is 3.09. The number of ether oxygens (including phenoxy) is 3. The molecule has 1 aromatic carbocycles. The number of benzene rings is 1. The molecule has 0 aromatic heterocycles. The van der Waals surface area contributed by atoms with E-state index in [0.29, 0.717) is 30.3 Å². The predicted molar refractivity (Wildman–Crippen MR) is 82.5 cm³/mol. The standard InChI is InChI=1S/C15H19BrO5/c1-3-19-15(18)10-21-12-5-6-13(11(2)17)14(9-12)20-8-4-7-16/h5-6,9H,3-4,7-8,10H2,1-2H3. The molecule has 0 radical (unpaired) electrons. The van der Waals surface area contributed by atoms with Crippen LogP contribution in [0.4, 0.5) is 0 Å². The highest BCUT2D eigenvalue weighted by Crippen LogP contribution is 2.25. The quantitative estimate of drug-likeness (QED) is 0.294. The number of Topliss-reactive ketones (excluding diaryl/α,β-unsaturated/α-hetero) is 1. The molecule has 6 heteroatoms. The number of carbonyl (C=O) groups excluding carboxylic acids is 2. The van der Waals surface area contributed by atoms with Crippen LogP contribution in [0, 0.1) is 0 Å². The first-order valence-corrected chi connectivity index (χ1v) is 7.82. The molecule has 5 nitrogen and oxygen atoms in total. The minimum Gasteiger partial charge on any atom is -0.493 e. The van der Waals surface area contributed by atoms with E-state index in [9.17, 15) is 9.59 Å². The predicted octanol–water partition coefficient (Wildman–Crippen LogP) is 2.99. The lowest BCUT2D eigenvalue weighted by Crippen LogP contribution is -2.14. The number of ketones is 1. The summed E-state index contributed by atoms with van der Waals surface area (Å²) in [7, 11) is 0. The van der Waals surface area contributed by atoms with Gasteiger partial charge in [0.15, 0.2) is 12.4 Å². The van der Waals surface area contributed by atoms with Crippen LogP contribution in [0.2, 0.25) is 0 Å². The Balaban J connectivity index is 2.75. The second kappa shape index (κ2) is 9.39. The SMILES string of the molecule is CCOC(=O)COc1ccc(C(C)=O)c(OCCCBr)c1. The summed E-state index contributed by atoms with van der Waals surface area (Å²) in [5, 5.41) is 0.821. The Morgan fingerprint density at radius 1 is 1.24 bits per heavy atom. The fourth-order valence-corrected chi connectivity index (χ4v) is 1.81. The van der Waals surface area contributed by atoms with Crippen molar-refractivity contribution < 1.29 is 23.8 Å². The number of halogens is 1. The normalized spacial score (nSPS) is 10.0. The van der Waals surface area contributed by atoms with E-state index in [-0.39, 0.29) is 12.4 Å². The Hall–Kier alpha value is -1.56. The Labute approximate surface area is 132 Å². The van der Waals surface area contributed by atoms with Crippen LogP contribution in [-0.2, 0) is 9.53 Å². The van der Waals surface area contributed by atoms with Gasteiger partial charge >= 0.3 is 5.97 Å². The molecule has 0 unspecified atom stereocenters. The zero-order valence-electron chi connectivity index (χ0n) is 12.2. The maximum absolute atomic E-state index is 11.6. The second-order valence-electron chi connectivity index (χ2n) is 4.20. The largest absolute Gasteiger partial charge is 0.493 e. The molecule has 0 fully saturated rings. The molecular formula is C15H19BrO5. The fourth-order valence-electron chi connectivity index (χ4n) is 1.58. The highest BCUT2D eigenvalue weighted by Gasteiger charge is 2.11. The van der Waals surface area contributed by atoms with Crippen molar-refractivity contribution in [2.75, 3.05) is 25.2 Å².